The third-order valence-electron chi connectivity index (χ3n) is 8.74. The number of rotatable bonds is 11. The van der Waals surface area contributed by atoms with E-state index in [1.54, 1.807) is 0 Å². The van der Waals surface area contributed by atoms with Crippen molar-refractivity contribution in [3.8, 4) is 0 Å². The highest BCUT2D eigenvalue weighted by atomic mass is 16.3. The van der Waals surface area contributed by atoms with Crippen LogP contribution in [0.4, 0.5) is 4.79 Å². The van der Waals surface area contributed by atoms with Gasteiger partial charge in [0.05, 0.1) is 6.04 Å². The SMILES string of the molecule is C[C@@H](NCCC1CCC(NC(=O)N[C@@H](c2ccccc2)C(O)(c2ccccc2)c2ccccc2)CC1)c1ccccc1. The average molecular weight is 562 g/mol. The zero-order valence-corrected chi connectivity index (χ0v) is 24.5. The van der Waals surface area contributed by atoms with Gasteiger partial charge in [0.1, 0.15) is 5.60 Å². The van der Waals surface area contributed by atoms with E-state index in [-0.39, 0.29) is 12.1 Å². The van der Waals surface area contributed by atoms with Gasteiger partial charge in [0.2, 0.25) is 0 Å². The highest BCUT2D eigenvalue weighted by Gasteiger charge is 2.42. The van der Waals surface area contributed by atoms with Gasteiger partial charge in [0.25, 0.3) is 0 Å². The molecule has 0 saturated heterocycles. The van der Waals surface area contributed by atoms with Gasteiger partial charge in [0, 0.05) is 12.1 Å². The summed E-state index contributed by atoms with van der Waals surface area (Å²) in [6, 6.07) is 39.0. The summed E-state index contributed by atoms with van der Waals surface area (Å²) in [5.41, 5.74) is 2.13. The first-order valence-electron chi connectivity index (χ1n) is 15.3. The van der Waals surface area contributed by atoms with Crippen LogP contribution in [-0.4, -0.2) is 23.7 Å². The number of carbonyl (C=O) groups is 1. The van der Waals surface area contributed by atoms with Crippen LogP contribution in [0, 0.1) is 5.92 Å². The lowest BCUT2D eigenvalue weighted by Gasteiger charge is -2.38. The minimum Gasteiger partial charge on any atom is -0.378 e. The summed E-state index contributed by atoms with van der Waals surface area (Å²) in [5.74, 6) is 0.667. The lowest BCUT2D eigenvalue weighted by atomic mass is 9.77. The van der Waals surface area contributed by atoms with Gasteiger partial charge in [-0.2, -0.15) is 0 Å². The number of nitrogens with one attached hydrogen (secondary N) is 3. The van der Waals surface area contributed by atoms with Gasteiger partial charge in [-0.1, -0.05) is 121 Å². The van der Waals surface area contributed by atoms with Crippen molar-refractivity contribution in [2.75, 3.05) is 6.54 Å². The minimum absolute atomic E-state index is 0.121. The second-order valence-electron chi connectivity index (χ2n) is 11.6. The summed E-state index contributed by atoms with van der Waals surface area (Å²) in [6.07, 6.45) is 5.28. The fourth-order valence-electron chi connectivity index (χ4n) is 6.28. The lowest BCUT2D eigenvalue weighted by molar-refractivity contribution is 0.0398. The molecule has 5 nitrogen and oxygen atoms in total. The molecule has 42 heavy (non-hydrogen) atoms. The Labute approximate surface area is 250 Å². The topological polar surface area (TPSA) is 73.4 Å². The molecule has 0 aromatic heterocycles. The van der Waals surface area contributed by atoms with Crippen molar-refractivity contribution >= 4 is 6.03 Å². The van der Waals surface area contributed by atoms with Gasteiger partial charge >= 0.3 is 6.03 Å². The quantitative estimate of drug-likeness (QED) is 0.156. The predicted octanol–water partition coefficient (Wildman–Crippen LogP) is 7.26. The molecule has 0 radical (unpaired) electrons. The fraction of sp³-hybridized carbons (Fsp3) is 0.324. The number of benzene rings is 4. The zero-order chi connectivity index (χ0) is 29.2. The highest BCUT2D eigenvalue weighted by molar-refractivity contribution is 5.75. The smallest absolute Gasteiger partial charge is 0.315 e. The van der Waals surface area contributed by atoms with Crippen LogP contribution in [0.15, 0.2) is 121 Å². The van der Waals surface area contributed by atoms with Gasteiger partial charge in [-0.15, -0.1) is 0 Å². The first kappa shape index (κ1) is 29.6. The Balaban J connectivity index is 1.22. The van der Waals surface area contributed by atoms with E-state index >= 15 is 0 Å². The summed E-state index contributed by atoms with van der Waals surface area (Å²) in [4.78, 5) is 13.5. The number of aliphatic hydroxyl groups is 1. The summed E-state index contributed by atoms with van der Waals surface area (Å²) in [7, 11) is 0. The zero-order valence-electron chi connectivity index (χ0n) is 24.5. The van der Waals surface area contributed by atoms with Gasteiger partial charge in [-0.05, 0) is 73.7 Å². The van der Waals surface area contributed by atoms with Crippen LogP contribution in [0.2, 0.25) is 0 Å². The van der Waals surface area contributed by atoms with E-state index in [1.807, 2.05) is 91.0 Å². The van der Waals surface area contributed by atoms with Crippen molar-refractivity contribution in [1.82, 2.24) is 16.0 Å². The predicted molar refractivity (Wildman–Crippen MR) is 170 cm³/mol. The molecule has 0 heterocycles. The molecule has 0 spiro atoms. The average Bonchev–Trinajstić information content (AvgIpc) is 3.05. The molecule has 5 heteroatoms. The Hall–Kier alpha value is -3.93. The van der Waals surface area contributed by atoms with Crippen molar-refractivity contribution < 1.29 is 9.90 Å². The maximum absolute atomic E-state index is 13.5. The molecule has 0 unspecified atom stereocenters. The molecular weight excluding hydrogens is 518 g/mol. The normalized spacial score (nSPS) is 18.5. The van der Waals surface area contributed by atoms with Crippen molar-refractivity contribution in [2.45, 2.75) is 62.8 Å². The standard InChI is InChI=1S/C37H43N3O2/c1-28(30-14-6-2-7-15-30)38-27-26-29-22-24-34(25-23-29)39-36(41)40-35(31-16-8-3-9-17-31)37(42,32-18-10-4-11-19-32)33-20-12-5-13-21-33/h2-21,28-29,34-35,38,42H,22-27H2,1H3,(H2,39,40,41)/t28-,29?,34?,35+/m1/s1. The molecule has 4 N–H and O–H groups in total. The second-order valence-corrected chi connectivity index (χ2v) is 11.6. The van der Waals surface area contributed by atoms with Gasteiger partial charge < -0.3 is 21.1 Å². The van der Waals surface area contributed by atoms with Crippen LogP contribution in [-0.2, 0) is 5.60 Å². The number of hydrogen-bond acceptors (Lipinski definition) is 3. The lowest BCUT2D eigenvalue weighted by Crippen LogP contribution is -2.50. The van der Waals surface area contributed by atoms with Crippen LogP contribution in [0.1, 0.15) is 73.4 Å². The van der Waals surface area contributed by atoms with Crippen molar-refractivity contribution in [3.63, 3.8) is 0 Å². The van der Waals surface area contributed by atoms with Gasteiger partial charge in [-0.3, -0.25) is 0 Å². The molecule has 0 aliphatic heterocycles. The Morgan fingerprint density at radius 2 is 1.21 bits per heavy atom. The van der Waals surface area contributed by atoms with E-state index < -0.39 is 11.6 Å². The monoisotopic (exact) mass is 561 g/mol. The van der Waals surface area contributed by atoms with E-state index in [0.29, 0.717) is 12.0 Å². The maximum atomic E-state index is 13.5. The van der Waals surface area contributed by atoms with E-state index in [0.717, 1.165) is 55.3 Å². The van der Waals surface area contributed by atoms with Crippen LogP contribution < -0.4 is 16.0 Å². The second kappa shape index (κ2) is 14.3. The highest BCUT2D eigenvalue weighted by Crippen LogP contribution is 2.41. The van der Waals surface area contributed by atoms with E-state index in [1.165, 1.54) is 5.56 Å². The molecule has 1 aliphatic rings. The van der Waals surface area contributed by atoms with Crippen LogP contribution in [0.5, 0.6) is 0 Å². The van der Waals surface area contributed by atoms with Crippen LogP contribution >= 0.6 is 0 Å². The molecule has 0 bridgehead atoms. The van der Waals surface area contributed by atoms with E-state index in [4.69, 9.17) is 0 Å². The molecule has 2 atom stereocenters. The van der Waals surface area contributed by atoms with Crippen molar-refractivity contribution in [2.24, 2.45) is 5.92 Å². The molecule has 2 amide bonds. The first-order chi connectivity index (χ1) is 20.5. The summed E-state index contributed by atoms with van der Waals surface area (Å²) in [5, 5.41) is 22.6. The fourth-order valence-corrected chi connectivity index (χ4v) is 6.28. The third-order valence-corrected chi connectivity index (χ3v) is 8.74. The third kappa shape index (κ3) is 7.28. The number of carbonyl (C=O) groups excluding carboxylic acids is 1. The molecule has 5 rings (SSSR count). The minimum atomic E-state index is -1.47. The maximum Gasteiger partial charge on any atom is 0.315 e. The molecule has 1 aliphatic carbocycles. The molecule has 4 aromatic carbocycles. The number of amides is 2. The first-order valence-corrected chi connectivity index (χ1v) is 15.3. The largest absolute Gasteiger partial charge is 0.378 e. The molecule has 218 valence electrons. The Morgan fingerprint density at radius 3 is 1.74 bits per heavy atom. The van der Waals surface area contributed by atoms with Crippen molar-refractivity contribution in [3.05, 3.63) is 144 Å². The molecule has 1 fully saturated rings. The summed E-state index contributed by atoms with van der Waals surface area (Å²) in [6.45, 7) is 3.21. The van der Waals surface area contributed by atoms with Crippen LogP contribution in [0.25, 0.3) is 0 Å². The van der Waals surface area contributed by atoms with E-state index in [9.17, 15) is 9.90 Å². The number of urea groups is 1. The van der Waals surface area contributed by atoms with Crippen molar-refractivity contribution in [1.29, 1.82) is 0 Å². The summed E-state index contributed by atoms with van der Waals surface area (Å²) >= 11 is 0. The van der Waals surface area contributed by atoms with Crippen LogP contribution in [0.3, 0.4) is 0 Å². The molecule has 4 aromatic rings. The Morgan fingerprint density at radius 1 is 0.738 bits per heavy atom. The van der Waals surface area contributed by atoms with Gasteiger partial charge in [-0.25, -0.2) is 4.79 Å². The molecule has 1 saturated carbocycles. The number of hydrogen-bond donors (Lipinski definition) is 4. The van der Waals surface area contributed by atoms with Gasteiger partial charge in [0.15, 0.2) is 0 Å². The Kier molecular flexibility index (Phi) is 10.1. The summed E-state index contributed by atoms with van der Waals surface area (Å²) < 4.78 is 0. The molecular formula is C37H43N3O2. The Bertz CT molecular complexity index is 1320. The van der Waals surface area contributed by atoms with E-state index in [2.05, 4.69) is 53.2 Å².